The van der Waals surface area contributed by atoms with Crippen molar-refractivity contribution in [2.45, 2.75) is 13.2 Å². The Kier molecular flexibility index (Phi) is 8.48. The summed E-state index contributed by atoms with van der Waals surface area (Å²) in [5.41, 5.74) is 7.60. The van der Waals surface area contributed by atoms with Crippen LogP contribution in [0, 0.1) is 0 Å². The summed E-state index contributed by atoms with van der Waals surface area (Å²) in [6, 6.07) is 19.8. The van der Waals surface area contributed by atoms with Gasteiger partial charge in [-0.05, 0) is 44.8 Å². The van der Waals surface area contributed by atoms with E-state index >= 15 is 0 Å². The van der Waals surface area contributed by atoms with Gasteiger partial charge in [0.2, 0.25) is 11.5 Å². The molecule has 0 bridgehead atoms. The van der Waals surface area contributed by atoms with Gasteiger partial charge < -0.3 is 21.1 Å². The van der Waals surface area contributed by atoms with Gasteiger partial charge in [0, 0.05) is 30.2 Å². The standard InChI is InChI=1S/C23H22ClN5O3.ClH/c24-17-8-5-15(6-9-17)14-31-20-10-7-16-3-1-2-4-18(16)19(20)13-26-11-12-27-23(30)21-22(25)29-32-28-21;/h1-10,26H,11-14H2,(H2,25,29)(H,27,30);1H. The number of nitrogens with one attached hydrogen (secondary N) is 2. The van der Waals surface area contributed by atoms with E-state index in [0.717, 1.165) is 27.6 Å². The Morgan fingerprint density at radius 2 is 1.82 bits per heavy atom. The second kappa shape index (κ2) is 11.5. The third-order valence-corrected chi connectivity index (χ3v) is 5.18. The van der Waals surface area contributed by atoms with Gasteiger partial charge in [-0.25, -0.2) is 4.63 Å². The van der Waals surface area contributed by atoms with Gasteiger partial charge in [0.1, 0.15) is 12.4 Å². The molecule has 1 aromatic heterocycles. The minimum atomic E-state index is -0.428. The van der Waals surface area contributed by atoms with Crippen molar-refractivity contribution in [3.63, 3.8) is 0 Å². The van der Waals surface area contributed by atoms with Gasteiger partial charge in [0.05, 0.1) is 0 Å². The van der Waals surface area contributed by atoms with Gasteiger partial charge in [-0.2, -0.15) is 0 Å². The van der Waals surface area contributed by atoms with Crippen molar-refractivity contribution in [1.29, 1.82) is 0 Å². The highest BCUT2D eigenvalue weighted by molar-refractivity contribution is 6.30. The highest BCUT2D eigenvalue weighted by Gasteiger charge is 2.15. The van der Waals surface area contributed by atoms with E-state index in [0.29, 0.717) is 31.3 Å². The number of rotatable bonds is 9. The molecule has 0 saturated carbocycles. The number of carbonyl (C=O) groups excluding carboxylic acids is 1. The summed E-state index contributed by atoms with van der Waals surface area (Å²) in [5.74, 6) is 0.341. The molecule has 0 unspecified atom stereocenters. The van der Waals surface area contributed by atoms with Gasteiger partial charge >= 0.3 is 0 Å². The molecule has 4 aromatic rings. The number of aromatic nitrogens is 2. The summed E-state index contributed by atoms with van der Waals surface area (Å²) in [4.78, 5) is 12.0. The summed E-state index contributed by atoms with van der Waals surface area (Å²) in [5, 5.41) is 15.9. The maximum Gasteiger partial charge on any atom is 0.277 e. The number of nitrogens with zero attached hydrogens (tertiary/aromatic N) is 2. The maximum absolute atomic E-state index is 12.0. The van der Waals surface area contributed by atoms with Crippen LogP contribution in [0.2, 0.25) is 5.02 Å². The number of halogens is 2. The number of fused-ring (bicyclic) bond motifs is 1. The first-order chi connectivity index (χ1) is 15.6. The van der Waals surface area contributed by atoms with E-state index in [4.69, 9.17) is 22.1 Å². The fourth-order valence-electron chi connectivity index (χ4n) is 3.29. The Hall–Kier alpha value is -3.33. The fraction of sp³-hybridized carbons (Fsp3) is 0.174. The van der Waals surface area contributed by atoms with Crippen LogP contribution < -0.4 is 21.1 Å². The lowest BCUT2D eigenvalue weighted by Crippen LogP contribution is -2.32. The van der Waals surface area contributed by atoms with E-state index in [2.05, 4.69) is 37.7 Å². The molecule has 0 aliphatic heterocycles. The Bertz CT molecular complexity index is 1210. The van der Waals surface area contributed by atoms with Crippen molar-refractivity contribution < 1.29 is 14.2 Å². The molecule has 1 heterocycles. The average molecular weight is 488 g/mol. The molecule has 8 nitrogen and oxygen atoms in total. The van der Waals surface area contributed by atoms with Crippen molar-refractivity contribution in [2.75, 3.05) is 18.8 Å². The number of carbonyl (C=O) groups is 1. The first-order valence-corrected chi connectivity index (χ1v) is 10.4. The van der Waals surface area contributed by atoms with Crippen LogP contribution in [0.15, 0.2) is 65.3 Å². The summed E-state index contributed by atoms with van der Waals surface area (Å²) in [6.07, 6.45) is 0. The Balaban J connectivity index is 0.00000306. The minimum absolute atomic E-state index is 0. The first-order valence-electron chi connectivity index (χ1n) is 10.1. The molecule has 10 heteroatoms. The van der Waals surface area contributed by atoms with Crippen LogP contribution in [0.3, 0.4) is 0 Å². The largest absolute Gasteiger partial charge is 0.489 e. The average Bonchev–Trinajstić information content (AvgIpc) is 3.24. The molecule has 0 aliphatic carbocycles. The second-order valence-corrected chi connectivity index (χ2v) is 7.55. The van der Waals surface area contributed by atoms with Crippen LogP contribution in [0.5, 0.6) is 5.75 Å². The van der Waals surface area contributed by atoms with Gasteiger partial charge in [0.25, 0.3) is 5.91 Å². The Morgan fingerprint density at radius 1 is 1.03 bits per heavy atom. The lowest BCUT2D eigenvalue weighted by Gasteiger charge is -2.15. The smallest absolute Gasteiger partial charge is 0.277 e. The van der Waals surface area contributed by atoms with Gasteiger partial charge in [0.15, 0.2) is 0 Å². The number of ether oxygens (including phenoxy) is 1. The SMILES string of the molecule is Cl.Nc1nonc1C(=O)NCCNCc1c(OCc2ccc(Cl)cc2)ccc2ccccc12. The van der Waals surface area contributed by atoms with Crippen molar-refractivity contribution in [2.24, 2.45) is 0 Å². The molecule has 4 N–H and O–H groups in total. The monoisotopic (exact) mass is 487 g/mol. The summed E-state index contributed by atoms with van der Waals surface area (Å²) in [6.45, 7) is 1.93. The number of hydrogen-bond donors (Lipinski definition) is 3. The number of amides is 1. The van der Waals surface area contributed by atoms with E-state index in [9.17, 15) is 4.79 Å². The fourth-order valence-corrected chi connectivity index (χ4v) is 3.42. The van der Waals surface area contributed by atoms with Crippen LogP contribution >= 0.6 is 24.0 Å². The predicted molar refractivity (Wildman–Crippen MR) is 130 cm³/mol. The minimum Gasteiger partial charge on any atom is -0.489 e. The molecule has 3 aromatic carbocycles. The van der Waals surface area contributed by atoms with Crippen LogP contribution in [0.4, 0.5) is 5.82 Å². The number of anilines is 1. The van der Waals surface area contributed by atoms with Gasteiger partial charge in [-0.3, -0.25) is 4.79 Å². The Labute approximate surface area is 201 Å². The molecule has 4 rings (SSSR count). The topological polar surface area (TPSA) is 115 Å². The molecular weight excluding hydrogens is 465 g/mol. The molecule has 0 spiro atoms. The van der Waals surface area contributed by atoms with Gasteiger partial charge in [-0.15, -0.1) is 12.4 Å². The van der Waals surface area contributed by atoms with Crippen LogP contribution in [0.1, 0.15) is 21.6 Å². The highest BCUT2D eigenvalue weighted by atomic mass is 35.5. The predicted octanol–water partition coefficient (Wildman–Crippen LogP) is 3.98. The number of nitrogen functional groups attached to an aromatic ring is 1. The molecule has 0 radical (unpaired) electrons. The molecule has 33 heavy (non-hydrogen) atoms. The third-order valence-electron chi connectivity index (χ3n) is 4.92. The van der Waals surface area contributed by atoms with E-state index < -0.39 is 5.91 Å². The number of nitrogens with two attached hydrogens (primary N) is 1. The molecule has 0 fully saturated rings. The van der Waals surface area contributed by atoms with Crippen molar-refractivity contribution in [3.8, 4) is 5.75 Å². The van der Waals surface area contributed by atoms with E-state index in [-0.39, 0.29) is 23.9 Å². The lowest BCUT2D eigenvalue weighted by molar-refractivity contribution is 0.0944. The molecule has 0 atom stereocenters. The van der Waals surface area contributed by atoms with Crippen molar-refractivity contribution in [3.05, 3.63) is 82.5 Å². The normalized spacial score (nSPS) is 10.6. The zero-order valence-electron chi connectivity index (χ0n) is 17.6. The zero-order chi connectivity index (χ0) is 22.3. The van der Waals surface area contributed by atoms with Crippen LogP contribution in [0.25, 0.3) is 10.8 Å². The van der Waals surface area contributed by atoms with Crippen molar-refractivity contribution in [1.82, 2.24) is 20.9 Å². The van der Waals surface area contributed by atoms with Crippen LogP contribution in [-0.4, -0.2) is 29.3 Å². The molecular formula is C23H23Cl2N5O3. The summed E-state index contributed by atoms with van der Waals surface area (Å²) in [7, 11) is 0. The summed E-state index contributed by atoms with van der Waals surface area (Å²) >= 11 is 5.97. The van der Waals surface area contributed by atoms with E-state index in [1.54, 1.807) is 0 Å². The number of hydrogen-bond acceptors (Lipinski definition) is 7. The second-order valence-electron chi connectivity index (χ2n) is 7.11. The van der Waals surface area contributed by atoms with E-state index in [1.165, 1.54) is 0 Å². The highest BCUT2D eigenvalue weighted by Crippen LogP contribution is 2.29. The molecule has 0 saturated heterocycles. The third kappa shape index (κ3) is 6.13. The first kappa shape index (κ1) is 24.3. The quantitative estimate of drug-likeness (QED) is 0.305. The zero-order valence-corrected chi connectivity index (χ0v) is 19.2. The maximum atomic E-state index is 12.0. The Morgan fingerprint density at radius 3 is 2.58 bits per heavy atom. The summed E-state index contributed by atoms with van der Waals surface area (Å²) < 4.78 is 10.6. The molecule has 172 valence electrons. The number of benzene rings is 3. The molecule has 1 amide bonds. The van der Waals surface area contributed by atoms with Crippen LogP contribution in [-0.2, 0) is 13.2 Å². The van der Waals surface area contributed by atoms with Gasteiger partial charge in [-0.1, -0.05) is 54.1 Å². The van der Waals surface area contributed by atoms with E-state index in [1.807, 2.05) is 48.5 Å². The molecule has 0 aliphatic rings. The van der Waals surface area contributed by atoms with Crippen molar-refractivity contribution >= 4 is 46.5 Å². The lowest BCUT2D eigenvalue weighted by atomic mass is 10.0.